The zero-order valence-electron chi connectivity index (χ0n) is 13.3. The van der Waals surface area contributed by atoms with Crippen LogP contribution in [0.5, 0.6) is 0 Å². The van der Waals surface area contributed by atoms with E-state index in [-0.39, 0.29) is 5.82 Å². The molecule has 2 aromatic carbocycles. The second-order valence-corrected chi connectivity index (χ2v) is 6.86. The number of hydrogen-bond donors (Lipinski definition) is 1. The molecular formula is C20H23FN2. The molecule has 2 nitrogen and oxygen atoms in total. The van der Waals surface area contributed by atoms with Crippen LogP contribution in [0.15, 0.2) is 54.6 Å². The topological polar surface area (TPSA) is 15.3 Å². The fraction of sp³-hybridized carbons (Fsp3) is 0.400. The third kappa shape index (κ3) is 3.25. The summed E-state index contributed by atoms with van der Waals surface area (Å²) in [5, 5.41) is 3.60. The molecule has 1 N–H and O–H groups in total. The summed E-state index contributed by atoms with van der Waals surface area (Å²) in [6.45, 7) is 1.07. The van der Waals surface area contributed by atoms with Gasteiger partial charge in [0, 0.05) is 30.4 Å². The SMILES string of the molecule is Fc1ccc(NC2C[C@H]3CC[C@@H](C2)N3Cc2ccccc2)cc1. The highest BCUT2D eigenvalue weighted by atomic mass is 19.1. The molecule has 0 aromatic heterocycles. The van der Waals surface area contributed by atoms with Gasteiger partial charge in [0.25, 0.3) is 0 Å². The van der Waals surface area contributed by atoms with Crippen LogP contribution in [-0.4, -0.2) is 23.0 Å². The van der Waals surface area contributed by atoms with Crippen LogP contribution < -0.4 is 5.32 Å². The predicted octanol–water partition coefficient (Wildman–Crippen LogP) is 4.43. The van der Waals surface area contributed by atoms with E-state index in [1.54, 1.807) is 0 Å². The Morgan fingerprint density at radius 1 is 0.913 bits per heavy atom. The molecule has 2 aliphatic heterocycles. The van der Waals surface area contributed by atoms with Crippen molar-refractivity contribution in [1.82, 2.24) is 4.90 Å². The number of hydrogen-bond acceptors (Lipinski definition) is 2. The highest BCUT2D eigenvalue weighted by Crippen LogP contribution is 2.37. The summed E-state index contributed by atoms with van der Waals surface area (Å²) in [4.78, 5) is 2.69. The standard InChI is InChI=1S/C20H23FN2/c21-16-6-8-17(9-7-16)22-18-12-19-10-11-20(13-18)23(19)14-15-4-2-1-3-5-15/h1-9,18-20,22H,10-14H2/t18?,19-,20+. The van der Waals surface area contributed by atoms with Crippen LogP contribution in [0.3, 0.4) is 0 Å². The van der Waals surface area contributed by atoms with E-state index in [0.29, 0.717) is 18.1 Å². The van der Waals surface area contributed by atoms with E-state index in [2.05, 4.69) is 40.5 Å². The maximum atomic E-state index is 13.0. The highest BCUT2D eigenvalue weighted by Gasteiger charge is 2.40. The molecule has 0 amide bonds. The van der Waals surface area contributed by atoms with Gasteiger partial charge in [-0.3, -0.25) is 4.90 Å². The minimum atomic E-state index is -0.173. The van der Waals surface area contributed by atoms with Crippen LogP contribution >= 0.6 is 0 Å². The molecule has 1 unspecified atom stereocenters. The van der Waals surface area contributed by atoms with Crippen molar-refractivity contribution in [3.63, 3.8) is 0 Å². The van der Waals surface area contributed by atoms with Crippen molar-refractivity contribution in [3.05, 3.63) is 66.0 Å². The summed E-state index contributed by atoms with van der Waals surface area (Å²) in [5.41, 5.74) is 2.45. The Kier molecular flexibility index (Phi) is 4.04. The molecular weight excluding hydrogens is 287 g/mol. The lowest BCUT2D eigenvalue weighted by molar-refractivity contribution is 0.124. The zero-order valence-corrected chi connectivity index (χ0v) is 13.3. The number of rotatable bonds is 4. The Hall–Kier alpha value is -1.87. The van der Waals surface area contributed by atoms with E-state index in [0.717, 1.165) is 12.2 Å². The first-order valence-electron chi connectivity index (χ1n) is 8.60. The average Bonchev–Trinajstić information content (AvgIpc) is 2.81. The Labute approximate surface area is 137 Å². The summed E-state index contributed by atoms with van der Waals surface area (Å²) < 4.78 is 13.0. The second-order valence-electron chi connectivity index (χ2n) is 6.86. The number of nitrogens with zero attached hydrogens (tertiary/aromatic N) is 1. The number of anilines is 1. The van der Waals surface area contributed by atoms with Gasteiger partial charge in [-0.1, -0.05) is 30.3 Å². The van der Waals surface area contributed by atoms with Crippen LogP contribution in [0.1, 0.15) is 31.2 Å². The van der Waals surface area contributed by atoms with Crippen molar-refractivity contribution >= 4 is 5.69 Å². The van der Waals surface area contributed by atoms with Gasteiger partial charge in [0.15, 0.2) is 0 Å². The first kappa shape index (κ1) is 14.7. The Morgan fingerprint density at radius 2 is 1.57 bits per heavy atom. The van der Waals surface area contributed by atoms with Gasteiger partial charge in [-0.15, -0.1) is 0 Å². The molecule has 2 bridgehead atoms. The molecule has 0 spiro atoms. The minimum Gasteiger partial charge on any atom is -0.382 e. The maximum absolute atomic E-state index is 13.0. The molecule has 4 rings (SSSR count). The van der Waals surface area contributed by atoms with E-state index in [9.17, 15) is 4.39 Å². The lowest BCUT2D eigenvalue weighted by atomic mass is 9.96. The molecule has 23 heavy (non-hydrogen) atoms. The van der Waals surface area contributed by atoms with E-state index < -0.39 is 0 Å². The summed E-state index contributed by atoms with van der Waals surface area (Å²) in [6.07, 6.45) is 4.97. The van der Waals surface area contributed by atoms with E-state index in [1.165, 1.54) is 43.4 Å². The molecule has 2 aliphatic rings. The molecule has 0 radical (unpaired) electrons. The van der Waals surface area contributed by atoms with Crippen molar-refractivity contribution in [2.75, 3.05) is 5.32 Å². The summed E-state index contributed by atoms with van der Waals surface area (Å²) in [7, 11) is 0. The Bertz CT molecular complexity index is 626. The first-order valence-corrected chi connectivity index (χ1v) is 8.60. The average molecular weight is 310 g/mol. The summed E-state index contributed by atoms with van der Waals surface area (Å²) in [5.74, 6) is -0.173. The molecule has 2 aromatic rings. The molecule has 2 saturated heterocycles. The molecule has 2 heterocycles. The van der Waals surface area contributed by atoms with Crippen LogP contribution in [-0.2, 0) is 6.54 Å². The second kappa shape index (κ2) is 6.32. The van der Waals surface area contributed by atoms with Crippen molar-refractivity contribution < 1.29 is 4.39 Å². The summed E-state index contributed by atoms with van der Waals surface area (Å²) >= 11 is 0. The number of fused-ring (bicyclic) bond motifs is 2. The normalized spacial score (nSPS) is 27.1. The van der Waals surface area contributed by atoms with Gasteiger partial charge >= 0.3 is 0 Å². The third-order valence-electron chi connectivity index (χ3n) is 5.31. The van der Waals surface area contributed by atoms with Crippen LogP contribution in [0.4, 0.5) is 10.1 Å². The van der Waals surface area contributed by atoms with Crippen LogP contribution in [0.25, 0.3) is 0 Å². The lowest BCUT2D eigenvalue weighted by Gasteiger charge is -2.39. The fourth-order valence-corrected chi connectivity index (χ4v) is 4.23. The number of piperidine rings is 1. The number of benzene rings is 2. The van der Waals surface area contributed by atoms with Crippen LogP contribution in [0.2, 0.25) is 0 Å². The Morgan fingerprint density at radius 3 is 2.22 bits per heavy atom. The third-order valence-corrected chi connectivity index (χ3v) is 5.31. The van der Waals surface area contributed by atoms with Gasteiger partial charge in [0.05, 0.1) is 0 Å². The predicted molar refractivity (Wildman–Crippen MR) is 91.8 cm³/mol. The molecule has 3 heteroatoms. The van der Waals surface area contributed by atoms with E-state index in [4.69, 9.17) is 0 Å². The van der Waals surface area contributed by atoms with Crippen molar-refractivity contribution in [2.24, 2.45) is 0 Å². The molecule has 0 aliphatic carbocycles. The monoisotopic (exact) mass is 310 g/mol. The van der Waals surface area contributed by atoms with Crippen molar-refractivity contribution in [2.45, 2.75) is 50.4 Å². The molecule has 3 atom stereocenters. The lowest BCUT2D eigenvalue weighted by Crippen LogP contribution is -2.46. The van der Waals surface area contributed by atoms with Gasteiger partial charge < -0.3 is 5.32 Å². The molecule has 2 fully saturated rings. The Balaban J connectivity index is 1.40. The summed E-state index contributed by atoms with van der Waals surface area (Å²) in [6, 6.07) is 19.4. The largest absolute Gasteiger partial charge is 0.382 e. The number of nitrogens with one attached hydrogen (secondary N) is 1. The fourth-order valence-electron chi connectivity index (χ4n) is 4.23. The van der Waals surface area contributed by atoms with Gasteiger partial charge in [-0.25, -0.2) is 4.39 Å². The number of halogens is 1. The van der Waals surface area contributed by atoms with E-state index in [1.807, 2.05) is 12.1 Å². The van der Waals surface area contributed by atoms with Crippen molar-refractivity contribution in [3.8, 4) is 0 Å². The van der Waals surface area contributed by atoms with Crippen LogP contribution in [0, 0.1) is 5.82 Å². The van der Waals surface area contributed by atoms with Gasteiger partial charge in [-0.05, 0) is 55.5 Å². The molecule has 0 saturated carbocycles. The quantitative estimate of drug-likeness (QED) is 0.898. The smallest absolute Gasteiger partial charge is 0.123 e. The zero-order chi connectivity index (χ0) is 15.6. The van der Waals surface area contributed by atoms with E-state index >= 15 is 0 Å². The minimum absolute atomic E-state index is 0.173. The van der Waals surface area contributed by atoms with Gasteiger partial charge in [-0.2, -0.15) is 0 Å². The molecule has 120 valence electrons. The van der Waals surface area contributed by atoms with Gasteiger partial charge in [0.1, 0.15) is 5.82 Å². The first-order chi connectivity index (χ1) is 11.3. The highest BCUT2D eigenvalue weighted by molar-refractivity contribution is 5.44. The van der Waals surface area contributed by atoms with Crippen molar-refractivity contribution in [1.29, 1.82) is 0 Å². The van der Waals surface area contributed by atoms with Gasteiger partial charge in [0.2, 0.25) is 0 Å². The maximum Gasteiger partial charge on any atom is 0.123 e.